The Bertz CT molecular complexity index is 629. The first-order valence-corrected chi connectivity index (χ1v) is 8.41. The minimum absolute atomic E-state index is 0.0551. The first-order valence-electron chi connectivity index (χ1n) is 8.41. The Morgan fingerprint density at radius 2 is 1.58 bits per heavy atom. The Labute approximate surface area is 152 Å². The summed E-state index contributed by atoms with van der Waals surface area (Å²) in [6.07, 6.45) is -0.534. The Balaban J connectivity index is 2.12. The molecule has 0 spiro atoms. The molecule has 1 aromatic carbocycles. The van der Waals surface area contributed by atoms with Gasteiger partial charge in [0.25, 0.3) is 0 Å². The lowest BCUT2D eigenvalue weighted by Gasteiger charge is -2.19. The lowest BCUT2D eigenvalue weighted by molar-refractivity contribution is -0.122. The SMILES string of the molecule is CC(C)(C)OC(=O)NCCC(=O)NCCNC(=O)Cc1ccccc1F. The summed E-state index contributed by atoms with van der Waals surface area (Å²) in [6, 6.07) is 6.07. The van der Waals surface area contributed by atoms with Crippen LogP contribution in [0.4, 0.5) is 9.18 Å². The lowest BCUT2D eigenvalue weighted by Crippen LogP contribution is -2.37. The van der Waals surface area contributed by atoms with Crippen LogP contribution in [0.3, 0.4) is 0 Å². The molecule has 8 heteroatoms. The number of nitrogens with one attached hydrogen (secondary N) is 3. The summed E-state index contributed by atoms with van der Waals surface area (Å²) >= 11 is 0. The Kier molecular flexibility index (Phi) is 8.54. The van der Waals surface area contributed by atoms with Crippen molar-refractivity contribution in [1.82, 2.24) is 16.0 Å². The van der Waals surface area contributed by atoms with Gasteiger partial charge in [0.15, 0.2) is 0 Å². The second-order valence-electron chi connectivity index (χ2n) is 6.65. The minimum atomic E-state index is -0.590. The quantitative estimate of drug-likeness (QED) is 0.607. The minimum Gasteiger partial charge on any atom is -0.444 e. The normalized spacial score (nSPS) is 10.8. The van der Waals surface area contributed by atoms with Crippen LogP contribution in [0.15, 0.2) is 24.3 Å². The molecule has 0 aliphatic rings. The van der Waals surface area contributed by atoms with Gasteiger partial charge >= 0.3 is 6.09 Å². The molecule has 3 N–H and O–H groups in total. The number of carbonyl (C=O) groups excluding carboxylic acids is 3. The number of carbonyl (C=O) groups is 3. The number of hydrogen-bond donors (Lipinski definition) is 3. The summed E-state index contributed by atoms with van der Waals surface area (Å²) in [5, 5.41) is 7.70. The van der Waals surface area contributed by atoms with Gasteiger partial charge in [-0.2, -0.15) is 0 Å². The second kappa shape index (κ2) is 10.4. The third kappa shape index (κ3) is 9.61. The maximum absolute atomic E-state index is 13.4. The summed E-state index contributed by atoms with van der Waals surface area (Å²) in [7, 11) is 0. The smallest absolute Gasteiger partial charge is 0.407 e. The highest BCUT2D eigenvalue weighted by atomic mass is 19.1. The molecule has 3 amide bonds. The number of halogens is 1. The van der Waals surface area contributed by atoms with Crippen molar-refractivity contribution in [3.8, 4) is 0 Å². The van der Waals surface area contributed by atoms with Crippen molar-refractivity contribution in [2.45, 2.75) is 39.2 Å². The van der Waals surface area contributed by atoms with Crippen LogP contribution in [0, 0.1) is 5.82 Å². The van der Waals surface area contributed by atoms with Crippen LogP contribution in [0.5, 0.6) is 0 Å². The van der Waals surface area contributed by atoms with Crippen molar-refractivity contribution in [2.24, 2.45) is 0 Å². The van der Waals surface area contributed by atoms with Gasteiger partial charge in [0.05, 0.1) is 6.42 Å². The number of rotatable bonds is 8. The molecular formula is C18H26FN3O4. The zero-order valence-electron chi connectivity index (χ0n) is 15.4. The molecule has 0 saturated heterocycles. The molecule has 0 aromatic heterocycles. The van der Waals surface area contributed by atoms with Crippen molar-refractivity contribution < 1.29 is 23.5 Å². The number of amides is 3. The summed E-state index contributed by atoms with van der Waals surface area (Å²) in [6.45, 7) is 5.88. The van der Waals surface area contributed by atoms with E-state index < -0.39 is 17.5 Å². The number of ether oxygens (including phenoxy) is 1. The van der Waals surface area contributed by atoms with Gasteiger partial charge in [0, 0.05) is 26.1 Å². The summed E-state index contributed by atoms with van der Waals surface area (Å²) in [5.74, 6) is -1.01. The molecule has 7 nitrogen and oxygen atoms in total. The van der Waals surface area contributed by atoms with Crippen molar-refractivity contribution >= 4 is 17.9 Å². The topological polar surface area (TPSA) is 96.5 Å². The third-order valence-corrected chi connectivity index (χ3v) is 3.10. The van der Waals surface area contributed by atoms with Gasteiger partial charge in [-0.05, 0) is 32.4 Å². The Morgan fingerprint density at radius 1 is 0.962 bits per heavy atom. The van der Waals surface area contributed by atoms with Crippen LogP contribution in [0.25, 0.3) is 0 Å². The molecular weight excluding hydrogens is 341 g/mol. The first-order chi connectivity index (χ1) is 12.2. The highest BCUT2D eigenvalue weighted by Crippen LogP contribution is 2.07. The molecule has 0 atom stereocenters. The summed E-state index contributed by atoms with van der Waals surface area (Å²) in [5.41, 5.74) is -0.269. The standard InChI is InChI=1S/C18H26FN3O4/c1-18(2,3)26-17(25)22-9-8-15(23)20-10-11-21-16(24)12-13-6-4-5-7-14(13)19/h4-7H,8-12H2,1-3H3,(H,20,23)(H,21,24)(H,22,25). The lowest BCUT2D eigenvalue weighted by atomic mass is 10.1. The van der Waals surface area contributed by atoms with Crippen molar-refractivity contribution in [3.63, 3.8) is 0 Å². The second-order valence-corrected chi connectivity index (χ2v) is 6.65. The zero-order chi connectivity index (χ0) is 19.6. The fraction of sp³-hybridized carbons (Fsp3) is 0.500. The van der Waals surface area contributed by atoms with E-state index in [4.69, 9.17) is 4.74 Å². The van der Waals surface area contributed by atoms with E-state index >= 15 is 0 Å². The monoisotopic (exact) mass is 367 g/mol. The predicted octanol–water partition coefficient (Wildman–Crippen LogP) is 1.52. The average Bonchev–Trinajstić information content (AvgIpc) is 2.52. The van der Waals surface area contributed by atoms with Gasteiger partial charge in [-0.15, -0.1) is 0 Å². The Morgan fingerprint density at radius 3 is 2.19 bits per heavy atom. The van der Waals surface area contributed by atoms with Gasteiger partial charge in [0.2, 0.25) is 11.8 Å². The fourth-order valence-corrected chi connectivity index (χ4v) is 1.96. The third-order valence-electron chi connectivity index (χ3n) is 3.10. The first kappa shape index (κ1) is 21.4. The van der Waals surface area contributed by atoms with Gasteiger partial charge < -0.3 is 20.7 Å². The van der Waals surface area contributed by atoms with Crippen LogP contribution in [-0.4, -0.2) is 43.1 Å². The van der Waals surface area contributed by atoms with E-state index in [1.165, 1.54) is 6.07 Å². The molecule has 0 bridgehead atoms. The molecule has 0 radical (unpaired) electrons. The number of alkyl carbamates (subject to hydrolysis) is 1. The largest absolute Gasteiger partial charge is 0.444 e. The molecule has 0 unspecified atom stereocenters. The van der Waals surface area contributed by atoms with Gasteiger partial charge in [0.1, 0.15) is 11.4 Å². The van der Waals surface area contributed by atoms with Crippen LogP contribution in [0.2, 0.25) is 0 Å². The molecule has 144 valence electrons. The Hall–Kier alpha value is -2.64. The van der Waals surface area contributed by atoms with E-state index in [0.717, 1.165) is 0 Å². The average molecular weight is 367 g/mol. The number of hydrogen-bond acceptors (Lipinski definition) is 4. The van der Waals surface area contributed by atoms with Crippen LogP contribution < -0.4 is 16.0 Å². The zero-order valence-corrected chi connectivity index (χ0v) is 15.4. The van der Waals surface area contributed by atoms with Crippen molar-refractivity contribution in [2.75, 3.05) is 19.6 Å². The molecule has 0 aliphatic carbocycles. The van der Waals surface area contributed by atoms with E-state index in [0.29, 0.717) is 5.56 Å². The summed E-state index contributed by atoms with van der Waals surface area (Å²) < 4.78 is 18.5. The highest BCUT2D eigenvalue weighted by Gasteiger charge is 2.15. The molecule has 26 heavy (non-hydrogen) atoms. The fourth-order valence-electron chi connectivity index (χ4n) is 1.96. The van der Waals surface area contributed by atoms with E-state index in [1.807, 2.05) is 0 Å². The molecule has 0 fully saturated rings. The van der Waals surface area contributed by atoms with Crippen LogP contribution in [0.1, 0.15) is 32.8 Å². The van der Waals surface area contributed by atoms with E-state index in [-0.39, 0.29) is 44.3 Å². The van der Waals surface area contributed by atoms with Crippen LogP contribution in [-0.2, 0) is 20.7 Å². The van der Waals surface area contributed by atoms with Crippen molar-refractivity contribution in [1.29, 1.82) is 0 Å². The van der Waals surface area contributed by atoms with Crippen molar-refractivity contribution in [3.05, 3.63) is 35.6 Å². The summed E-state index contributed by atoms with van der Waals surface area (Å²) in [4.78, 5) is 34.8. The van der Waals surface area contributed by atoms with E-state index in [2.05, 4.69) is 16.0 Å². The van der Waals surface area contributed by atoms with Gasteiger partial charge in [-0.1, -0.05) is 18.2 Å². The maximum Gasteiger partial charge on any atom is 0.407 e. The molecule has 0 heterocycles. The highest BCUT2D eigenvalue weighted by molar-refractivity contribution is 5.79. The van der Waals surface area contributed by atoms with E-state index in [9.17, 15) is 18.8 Å². The predicted molar refractivity (Wildman–Crippen MR) is 95.0 cm³/mol. The van der Waals surface area contributed by atoms with Gasteiger partial charge in [-0.25, -0.2) is 9.18 Å². The molecule has 1 aromatic rings. The molecule has 0 saturated carbocycles. The van der Waals surface area contributed by atoms with E-state index in [1.54, 1.807) is 39.0 Å². The van der Waals surface area contributed by atoms with Crippen LogP contribution >= 0.6 is 0 Å². The molecule has 0 aliphatic heterocycles. The number of benzene rings is 1. The maximum atomic E-state index is 13.4. The molecule has 1 rings (SSSR count). The van der Waals surface area contributed by atoms with Gasteiger partial charge in [-0.3, -0.25) is 9.59 Å².